The molecule has 0 aliphatic heterocycles. The fraction of sp³-hybridized carbons (Fsp3) is 0.333. The lowest BCUT2D eigenvalue weighted by Crippen LogP contribution is -2.29. The van der Waals surface area contributed by atoms with Gasteiger partial charge in [0.1, 0.15) is 5.82 Å². The minimum atomic E-state index is 0.0373. The number of hydrogen-bond donors (Lipinski definition) is 0. The molecule has 3 nitrogen and oxygen atoms in total. The van der Waals surface area contributed by atoms with Crippen LogP contribution in [0.5, 0.6) is 0 Å². The van der Waals surface area contributed by atoms with Crippen LogP contribution in [0.3, 0.4) is 0 Å². The van der Waals surface area contributed by atoms with Gasteiger partial charge in [0.25, 0.3) is 5.56 Å². The largest absolute Gasteiger partial charge is 0.269 e. The fourth-order valence-electron chi connectivity index (χ4n) is 2.69. The van der Waals surface area contributed by atoms with E-state index in [9.17, 15) is 4.79 Å². The molecular formula is C15H15ClN2O. The van der Waals surface area contributed by atoms with Crippen molar-refractivity contribution in [3.05, 3.63) is 56.7 Å². The molecule has 1 aliphatic carbocycles. The van der Waals surface area contributed by atoms with E-state index in [1.807, 2.05) is 25.1 Å². The van der Waals surface area contributed by atoms with E-state index < -0.39 is 0 Å². The summed E-state index contributed by atoms with van der Waals surface area (Å²) in [6, 6.07) is 7.39. The highest BCUT2D eigenvalue weighted by Crippen LogP contribution is 2.22. The van der Waals surface area contributed by atoms with Gasteiger partial charge in [-0.15, -0.1) is 0 Å². The lowest BCUT2D eigenvalue weighted by molar-refractivity contribution is 0.640. The molecule has 0 N–H and O–H groups in total. The summed E-state index contributed by atoms with van der Waals surface area (Å²) in [4.78, 5) is 17.2. The van der Waals surface area contributed by atoms with E-state index in [4.69, 9.17) is 11.6 Å². The highest BCUT2D eigenvalue weighted by molar-refractivity contribution is 6.32. The summed E-state index contributed by atoms with van der Waals surface area (Å²) in [6.07, 6.45) is 3.92. The van der Waals surface area contributed by atoms with Gasteiger partial charge >= 0.3 is 0 Å². The van der Waals surface area contributed by atoms with E-state index in [0.29, 0.717) is 16.5 Å². The third-order valence-corrected chi connectivity index (χ3v) is 3.93. The molecule has 0 amide bonds. The van der Waals surface area contributed by atoms with Crippen LogP contribution in [0.2, 0.25) is 5.02 Å². The second-order valence-electron chi connectivity index (χ2n) is 4.88. The SMILES string of the molecule is Cc1nc2c(c(=O)n1-c1ccccc1Cl)CCCC2. The van der Waals surface area contributed by atoms with Crippen molar-refractivity contribution in [1.82, 2.24) is 9.55 Å². The number of aromatic nitrogens is 2. The van der Waals surface area contributed by atoms with E-state index >= 15 is 0 Å². The molecule has 1 aromatic heterocycles. The van der Waals surface area contributed by atoms with Gasteiger partial charge in [-0.3, -0.25) is 9.36 Å². The number of nitrogens with zero attached hydrogens (tertiary/aromatic N) is 2. The smallest absolute Gasteiger partial charge is 0.261 e. The third kappa shape index (κ3) is 2.08. The number of benzene rings is 1. The van der Waals surface area contributed by atoms with Gasteiger partial charge in [-0.2, -0.15) is 0 Å². The minimum Gasteiger partial charge on any atom is -0.269 e. The molecule has 2 aromatic rings. The van der Waals surface area contributed by atoms with Crippen molar-refractivity contribution in [2.45, 2.75) is 32.6 Å². The Labute approximate surface area is 116 Å². The maximum atomic E-state index is 12.7. The average Bonchev–Trinajstić information content (AvgIpc) is 2.41. The molecule has 0 bridgehead atoms. The van der Waals surface area contributed by atoms with Gasteiger partial charge < -0.3 is 0 Å². The Balaban J connectivity index is 2.28. The summed E-state index contributed by atoms with van der Waals surface area (Å²) in [6.45, 7) is 1.86. The van der Waals surface area contributed by atoms with E-state index in [-0.39, 0.29) is 5.56 Å². The maximum Gasteiger partial charge on any atom is 0.261 e. The minimum absolute atomic E-state index is 0.0373. The van der Waals surface area contributed by atoms with Crippen LogP contribution >= 0.6 is 11.6 Å². The molecule has 0 atom stereocenters. The number of para-hydroxylation sites is 1. The summed E-state index contributed by atoms with van der Waals surface area (Å²) in [7, 11) is 0. The summed E-state index contributed by atoms with van der Waals surface area (Å²) in [5.74, 6) is 0.707. The summed E-state index contributed by atoms with van der Waals surface area (Å²) < 4.78 is 1.63. The molecular weight excluding hydrogens is 260 g/mol. The van der Waals surface area contributed by atoms with Crippen molar-refractivity contribution in [2.24, 2.45) is 0 Å². The zero-order valence-corrected chi connectivity index (χ0v) is 11.6. The van der Waals surface area contributed by atoms with Crippen LogP contribution in [0.1, 0.15) is 29.9 Å². The van der Waals surface area contributed by atoms with Crippen LogP contribution < -0.4 is 5.56 Å². The predicted molar refractivity (Wildman–Crippen MR) is 76.2 cm³/mol. The van der Waals surface area contributed by atoms with Crippen molar-refractivity contribution < 1.29 is 0 Å². The standard InChI is InChI=1S/C15H15ClN2O/c1-10-17-13-8-4-2-6-11(13)15(19)18(10)14-9-5-3-7-12(14)16/h3,5,7,9H,2,4,6,8H2,1H3. The second-order valence-corrected chi connectivity index (χ2v) is 5.29. The topological polar surface area (TPSA) is 34.9 Å². The Morgan fingerprint density at radius 2 is 1.95 bits per heavy atom. The lowest BCUT2D eigenvalue weighted by atomic mass is 9.97. The van der Waals surface area contributed by atoms with E-state index in [0.717, 1.165) is 36.9 Å². The first-order chi connectivity index (χ1) is 9.18. The van der Waals surface area contributed by atoms with Gasteiger partial charge in [0.2, 0.25) is 0 Å². The van der Waals surface area contributed by atoms with Crippen molar-refractivity contribution in [2.75, 3.05) is 0 Å². The molecule has 19 heavy (non-hydrogen) atoms. The van der Waals surface area contributed by atoms with Crippen molar-refractivity contribution in [1.29, 1.82) is 0 Å². The Bertz CT molecular complexity index is 691. The molecule has 0 saturated heterocycles. The molecule has 98 valence electrons. The van der Waals surface area contributed by atoms with Crippen LogP contribution in [-0.4, -0.2) is 9.55 Å². The molecule has 1 aromatic carbocycles. The van der Waals surface area contributed by atoms with Gasteiger partial charge in [0.05, 0.1) is 16.4 Å². The van der Waals surface area contributed by atoms with Crippen molar-refractivity contribution >= 4 is 11.6 Å². The highest BCUT2D eigenvalue weighted by atomic mass is 35.5. The number of rotatable bonds is 1. The van der Waals surface area contributed by atoms with Gasteiger partial charge in [-0.1, -0.05) is 23.7 Å². The summed E-state index contributed by atoms with van der Waals surface area (Å²) in [5.41, 5.74) is 2.58. The Kier molecular flexibility index (Phi) is 3.15. The monoisotopic (exact) mass is 274 g/mol. The lowest BCUT2D eigenvalue weighted by Gasteiger charge is -2.18. The van der Waals surface area contributed by atoms with Crippen molar-refractivity contribution in [3.63, 3.8) is 0 Å². The zero-order valence-electron chi connectivity index (χ0n) is 10.8. The first-order valence-electron chi connectivity index (χ1n) is 6.55. The molecule has 4 heteroatoms. The van der Waals surface area contributed by atoms with Crippen LogP contribution in [0.15, 0.2) is 29.1 Å². The first-order valence-corrected chi connectivity index (χ1v) is 6.92. The second kappa shape index (κ2) is 4.82. The van der Waals surface area contributed by atoms with Gasteiger partial charge in [-0.25, -0.2) is 4.98 Å². The molecule has 1 aliphatic rings. The Hall–Kier alpha value is -1.61. The molecule has 0 unspecified atom stereocenters. The van der Waals surface area contributed by atoms with Crippen LogP contribution in [0.25, 0.3) is 5.69 Å². The van der Waals surface area contributed by atoms with E-state index in [1.54, 1.807) is 10.6 Å². The van der Waals surface area contributed by atoms with Crippen LogP contribution in [-0.2, 0) is 12.8 Å². The van der Waals surface area contributed by atoms with Crippen LogP contribution in [0.4, 0.5) is 0 Å². The van der Waals surface area contributed by atoms with Gasteiger partial charge in [0, 0.05) is 5.56 Å². The number of aryl methyl sites for hydroxylation is 2. The van der Waals surface area contributed by atoms with E-state index in [1.165, 1.54) is 0 Å². The average molecular weight is 275 g/mol. The number of fused-ring (bicyclic) bond motifs is 1. The van der Waals surface area contributed by atoms with Gasteiger partial charge in [0.15, 0.2) is 0 Å². The Morgan fingerprint density at radius 1 is 1.21 bits per heavy atom. The molecule has 1 heterocycles. The molecule has 0 radical (unpaired) electrons. The summed E-state index contributed by atoms with van der Waals surface area (Å²) in [5, 5.41) is 0.574. The highest BCUT2D eigenvalue weighted by Gasteiger charge is 2.19. The van der Waals surface area contributed by atoms with Crippen LogP contribution in [0, 0.1) is 6.92 Å². The predicted octanol–water partition coefficient (Wildman–Crippen LogP) is 3.07. The summed E-state index contributed by atoms with van der Waals surface area (Å²) >= 11 is 6.20. The first kappa shape index (κ1) is 12.4. The van der Waals surface area contributed by atoms with Crippen molar-refractivity contribution in [3.8, 4) is 5.69 Å². The Morgan fingerprint density at radius 3 is 2.74 bits per heavy atom. The number of hydrogen-bond acceptors (Lipinski definition) is 2. The number of halogens is 1. The quantitative estimate of drug-likeness (QED) is 0.801. The third-order valence-electron chi connectivity index (χ3n) is 3.61. The maximum absolute atomic E-state index is 12.7. The van der Waals surface area contributed by atoms with Gasteiger partial charge in [-0.05, 0) is 44.7 Å². The fourth-order valence-corrected chi connectivity index (χ4v) is 2.91. The molecule has 0 saturated carbocycles. The molecule has 0 fully saturated rings. The molecule has 3 rings (SSSR count). The van der Waals surface area contributed by atoms with E-state index in [2.05, 4.69) is 4.98 Å². The normalized spacial score (nSPS) is 14.2. The molecule has 0 spiro atoms. The zero-order chi connectivity index (χ0) is 13.4.